The highest BCUT2D eigenvalue weighted by atomic mass is 32.2. The van der Waals surface area contributed by atoms with E-state index in [9.17, 15) is 4.79 Å². The molecule has 4 heteroatoms. The third-order valence-electron chi connectivity index (χ3n) is 2.77. The molecule has 100 valence electrons. The SMILES string of the molecule is C[C@@H](SCC(=O)NCc1ccco1)c1ccccc1. The molecule has 1 heterocycles. The molecule has 1 aromatic heterocycles. The van der Waals surface area contributed by atoms with Crippen molar-refractivity contribution in [1.29, 1.82) is 0 Å². The monoisotopic (exact) mass is 275 g/mol. The lowest BCUT2D eigenvalue weighted by atomic mass is 10.2. The summed E-state index contributed by atoms with van der Waals surface area (Å²) < 4.78 is 5.16. The Kier molecular flexibility index (Phi) is 5.10. The minimum absolute atomic E-state index is 0.0316. The van der Waals surface area contributed by atoms with Crippen LogP contribution in [0.1, 0.15) is 23.5 Å². The van der Waals surface area contributed by atoms with Gasteiger partial charge in [0.15, 0.2) is 0 Å². The molecule has 0 saturated heterocycles. The zero-order chi connectivity index (χ0) is 13.5. The Balaban J connectivity index is 1.71. The van der Waals surface area contributed by atoms with Crippen molar-refractivity contribution in [3.63, 3.8) is 0 Å². The number of rotatable bonds is 6. The molecule has 0 radical (unpaired) electrons. The van der Waals surface area contributed by atoms with Crippen LogP contribution in [0.25, 0.3) is 0 Å². The summed E-state index contributed by atoms with van der Waals surface area (Å²) in [5.74, 6) is 1.26. The molecular formula is C15H17NO2S. The van der Waals surface area contributed by atoms with Gasteiger partial charge in [-0.05, 0) is 24.6 Å². The average molecular weight is 275 g/mol. The fourth-order valence-electron chi connectivity index (χ4n) is 1.67. The maximum Gasteiger partial charge on any atom is 0.230 e. The smallest absolute Gasteiger partial charge is 0.230 e. The van der Waals surface area contributed by atoms with Gasteiger partial charge in [0, 0.05) is 5.25 Å². The third kappa shape index (κ3) is 4.48. The van der Waals surface area contributed by atoms with Crippen molar-refractivity contribution < 1.29 is 9.21 Å². The van der Waals surface area contributed by atoms with Gasteiger partial charge in [-0.25, -0.2) is 0 Å². The van der Waals surface area contributed by atoms with Crippen molar-refractivity contribution in [3.05, 3.63) is 60.1 Å². The molecule has 0 saturated carbocycles. The molecule has 1 N–H and O–H groups in total. The number of furan rings is 1. The highest BCUT2D eigenvalue weighted by Gasteiger charge is 2.09. The predicted octanol–water partition coefficient (Wildman–Crippen LogP) is 3.39. The summed E-state index contributed by atoms with van der Waals surface area (Å²) in [6, 6.07) is 13.9. The molecule has 0 bridgehead atoms. The maximum absolute atomic E-state index is 11.7. The van der Waals surface area contributed by atoms with E-state index >= 15 is 0 Å². The molecule has 3 nitrogen and oxygen atoms in total. The van der Waals surface area contributed by atoms with E-state index in [0.717, 1.165) is 5.76 Å². The van der Waals surface area contributed by atoms with E-state index in [0.29, 0.717) is 17.5 Å². The predicted molar refractivity (Wildman–Crippen MR) is 77.9 cm³/mol. The van der Waals surface area contributed by atoms with Crippen molar-refractivity contribution in [3.8, 4) is 0 Å². The van der Waals surface area contributed by atoms with E-state index < -0.39 is 0 Å². The largest absolute Gasteiger partial charge is 0.467 e. The van der Waals surface area contributed by atoms with Crippen LogP contribution in [0.4, 0.5) is 0 Å². The van der Waals surface area contributed by atoms with E-state index in [-0.39, 0.29) is 5.91 Å². The van der Waals surface area contributed by atoms with Gasteiger partial charge in [0.25, 0.3) is 0 Å². The summed E-state index contributed by atoms with van der Waals surface area (Å²) in [5, 5.41) is 3.15. The van der Waals surface area contributed by atoms with Crippen LogP contribution in [0.15, 0.2) is 53.1 Å². The highest BCUT2D eigenvalue weighted by Crippen LogP contribution is 2.27. The lowest BCUT2D eigenvalue weighted by Gasteiger charge is -2.11. The van der Waals surface area contributed by atoms with Crippen molar-refractivity contribution in [2.75, 3.05) is 5.75 Å². The fourth-order valence-corrected chi connectivity index (χ4v) is 2.52. The van der Waals surface area contributed by atoms with Crippen LogP contribution >= 0.6 is 11.8 Å². The Morgan fingerprint density at radius 1 is 1.26 bits per heavy atom. The number of amides is 1. The summed E-state index contributed by atoms with van der Waals surface area (Å²) in [5.41, 5.74) is 1.24. The Morgan fingerprint density at radius 2 is 2.05 bits per heavy atom. The zero-order valence-electron chi connectivity index (χ0n) is 10.8. The van der Waals surface area contributed by atoms with Gasteiger partial charge in [0.2, 0.25) is 5.91 Å². The summed E-state index contributed by atoms with van der Waals surface area (Å²) in [7, 11) is 0. The van der Waals surface area contributed by atoms with Crippen LogP contribution in [0.3, 0.4) is 0 Å². The third-order valence-corrected chi connectivity index (χ3v) is 3.97. The minimum atomic E-state index is 0.0316. The van der Waals surface area contributed by atoms with Crippen molar-refractivity contribution in [1.82, 2.24) is 5.32 Å². The normalized spacial score (nSPS) is 12.1. The first-order chi connectivity index (χ1) is 9.25. The number of thioether (sulfide) groups is 1. The van der Waals surface area contributed by atoms with Crippen LogP contribution in [0, 0.1) is 0 Å². The van der Waals surface area contributed by atoms with E-state index in [4.69, 9.17) is 4.42 Å². The van der Waals surface area contributed by atoms with Crippen LogP contribution in [0.5, 0.6) is 0 Å². The van der Waals surface area contributed by atoms with Crippen molar-refractivity contribution >= 4 is 17.7 Å². The molecule has 2 rings (SSSR count). The van der Waals surface area contributed by atoms with Crippen molar-refractivity contribution in [2.24, 2.45) is 0 Å². The van der Waals surface area contributed by atoms with Gasteiger partial charge in [-0.1, -0.05) is 30.3 Å². The first-order valence-corrected chi connectivity index (χ1v) is 7.26. The highest BCUT2D eigenvalue weighted by molar-refractivity contribution is 8.00. The van der Waals surface area contributed by atoms with Crippen LogP contribution in [-0.2, 0) is 11.3 Å². The molecule has 1 aromatic carbocycles. The summed E-state index contributed by atoms with van der Waals surface area (Å²) >= 11 is 1.63. The number of hydrogen-bond acceptors (Lipinski definition) is 3. The second kappa shape index (κ2) is 7.04. The van der Waals surface area contributed by atoms with Gasteiger partial charge in [-0.2, -0.15) is 0 Å². The number of carbonyl (C=O) groups excluding carboxylic acids is 1. The maximum atomic E-state index is 11.7. The molecule has 1 amide bonds. The average Bonchev–Trinajstić information content (AvgIpc) is 2.96. The van der Waals surface area contributed by atoms with Gasteiger partial charge >= 0.3 is 0 Å². The Hall–Kier alpha value is -1.68. The van der Waals surface area contributed by atoms with Gasteiger partial charge in [-0.3, -0.25) is 4.79 Å². The summed E-state index contributed by atoms with van der Waals surface area (Å²) in [6.07, 6.45) is 1.60. The second-order valence-electron chi connectivity index (χ2n) is 4.22. The quantitative estimate of drug-likeness (QED) is 0.878. The van der Waals surface area contributed by atoms with Gasteiger partial charge in [0.05, 0.1) is 18.6 Å². The first-order valence-electron chi connectivity index (χ1n) is 6.21. The molecule has 0 aliphatic heterocycles. The minimum Gasteiger partial charge on any atom is -0.467 e. The molecule has 0 aliphatic carbocycles. The Morgan fingerprint density at radius 3 is 2.74 bits per heavy atom. The molecule has 19 heavy (non-hydrogen) atoms. The number of benzene rings is 1. The zero-order valence-corrected chi connectivity index (χ0v) is 11.7. The van der Waals surface area contributed by atoms with Gasteiger partial charge < -0.3 is 9.73 Å². The molecule has 0 spiro atoms. The Bertz CT molecular complexity index is 496. The lowest BCUT2D eigenvalue weighted by Crippen LogP contribution is -2.24. The van der Waals surface area contributed by atoms with E-state index in [1.807, 2.05) is 30.3 Å². The number of carbonyl (C=O) groups is 1. The molecule has 0 fully saturated rings. The van der Waals surface area contributed by atoms with Crippen LogP contribution in [-0.4, -0.2) is 11.7 Å². The summed E-state index contributed by atoms with van der Waals surface area (Å²) in [6.45, 7) is 2.56. The molecular weight excluding hydrogens is 258 g/mol. The van der Waals surface area contributed by atoms with Crippen molar-refractivity contribution in [2.45, 2.75) is 18.7 Å². The summed E-state index contributed by atoms with van der Waals surface area (Å²) in [4.78, 5) is 11.7. The van der Waals surface area contributed by atoms with E-state index in [2.05, 4.69) is 24.4 Å². The standard InChI is InChI=1S/C15H17NO2S/c1-12(13-6-3-2-4-7-13)19-11-15(17)16-10-14-8-5-9-18-14/h2-9,12H,10-11H2,1H3,(H,16,17)/t12-/m1/s1. The van der Waals surface area contributed by atoms with Crippen LogP contribution < -0.4 is 5.32 Å². The second-order valence-corrected chi connectivity index (χ2v) is 5.55. The molecule has 0 aliphatic rings. The van der Waals surface area contributed by atoms with E-state index in [1.165, 1.54) is 5.56 Å². The topological polar surface area (TPSA) is 42.2 Å². The van der Waals surface area contributed by atoms with Gasteiger partial charge in [-0.15, -0.1) is 11.8 Å². The molecule has 0 unspecified atom stereocenters. The Labute approximate surface area is 117 Å². The number of nitrogens with one attached hydrogen (secondary N) is 1. The number of hydrogen-bond donors (Lipinski definition) is 1. The molecule has 1 atom stereocenters. The van der Waals surface area contributed by atoms with Crippen LogP contribution in [0.2, 0.25) is 0 Å². The van der Waals surface area contributed by atoms with Gasteiger partial charge in [0.1, 0.15) is 5.76 Å². The molecule has 2 aromatic rings. The first kappa shape index (κ1) is 13.7. The lowest BCUT2D eigenvalue weighted by molar-refractivity contribution is -0.118. The fraction of sp³-hybridized carbons (Fsp3) is 0.267. The van der Waals surface area contributed by atoms with E-state index in [1.54, 1.807) is 18.0 Å².